The summed E-state index contributed by atoms with van der Waals surface area (Å²) in [5, 5.41) is 3.10. The van der Waals surface area contributed by atoms with Gasteiger partial charge in [0.25, 0.3) is 0 Å². The maximum atomic E-state index is 11.6. The van der Waals surface area contributed by atoms with E-state index in [1.165, 1.54) is 22.3 Å². The molecular weight excluding hydrogens is 258 g/mol. The Morgan fingerprint density at radius 1 is 0.905 bits per heavy atom. The SMILES string of the molecule is O=C1CCC2(CN1)Cc1ccccc1Cc1ccccc12. The number of carbonyl (C=O) groups excluding carboxylic acids is 1. The van der Waals surface area contributed by atoms with Gasteiger partial charge in [-0.15, -0.1) is 0 Å². The van der Waals surface area contributed by atoms with Crippen molar-refractivity contribution >= 4 is 5.91 Å². The van der Waals surface area contributed by atoms with Crippen molar-refractivity contribution in [3.63, 3.8) is 0 Å². The Kier molecular flexibility index (Phi) is 2.85. The maximum absolute atomic E-state index is 11.6. The van der Waals surface area contributed by atoms with Crippen LogP contribution in [-0.4, -0.2) is 12.5 Å². The lowest BCUT2D eigenvalue weighted by atomic mass is 9.70. The number of carbonyl (C=O) groups is 1. The number of hydrogen-bond donors (Lipinski definition) is 1. The topological polar surface area (TPSA) is 29.1 Å². The minimum atomic E-state index is 0.0666. The van der Waals surface area contributed by atoms with Gasteiger partial charge in [-0.2, -0.15) is 0 Å². The van der Waals surface area contributed by atoms with Gasteiger partial charge in [-0.25, -0.2) is 0 Å². The summed E-state index contributed by atoms with van der Waals surface area (Å²) in [4.78, 5) is 11.6. The molecule has 0 radical (unpaired) electrons. The molecular formula is C19H19NO. The number of fused-ring (bicyclic) bond motifs is 3. The van der Waals surface area contributed by atoms with Crippen LogP contribution in [0, 0.1) is 0 Å². The Balaban J connectivity index is 1.88. The van der Waals surface area contributed by atoms with Gasteiger partial charge in [0.05, 0.1) is 0 Å². The van der Waals surface area contributed by atoms with Gasteiger partial charge in [0.2, 0.25) is 5.91 Å². The molecule has 1 amide bonds. The number of amides is 1. The van der Waals surface area contributed by atoms with Gasteiger partial charge in [0.15, 0.2) is 0 Å². The predicted molar refractivity (Wildman–Crippen MR) is 83.3 cm³/mol. The first-order valence-electron chi connectivity index (χ1n) is 7.69. The normalized spacial score (nSPS) is 23.9. The van der Waals surface area contributed by atoms with Crippen LogP contribution < -0.4 is 5.32 Å². The zero-order valence-corrected chi connectivity index (χ0v) is 12.1. The Bertz CT molecular complexity index is 694. The first-order valence-corrected chi connectivity index (χ1v) is 7.69. The van der Waals surface area contributed by atoms with E-state index >= 15 is 0 Å². The van der Waals surface area contributed by atoms with Gasteiger partial charge in [0.1, 0.15) is 0 Å². The molecule has 1 saturated heterocycles. The van der Waals surface area contributed by atoms with Crippen molar-refractivity contribution in [2.24, 2.45) is 0 Å². The highest BCUT2D eigenvalue weighted by atomic mass is 16.1. The smallest absolute Gasteiger partial charge is 0.220 e. The van der Waals surface area contributed by atoms with Crippen LogP contribution in [0.3, 0.4) is 0 Å². The highest BCUT2D eigenvalue weighted by Crippen LogP contribution is 2.40. The summed E-state index contributed by atoms with van der Waals surface area (Å²) < 4.78 is 0. The zero-order valence-electron chi connectivity index (χ0n) is 12.1. The van der Waals surface area contributed by atoms with Crippen LogP contribution in [0.25, 0.3) is 0 Å². The van der Waals surface area contributed by atoms with Crippen LogP contribution in [0.1, 0.15) is 35.1 Å². The summed E-state index contributed by atoms with van der Waals surface area (Å²) in [6.45, 7) is 0.761. The van der Waals surface area contributed by atoms with E-state index in [4.69, 9.17) is 0 Å². The van der Waals surface area contributed by atoms with E-state index < -0.39 is 0 Å². The van der Waals surface area contributed by atoms with Crippen molar-refractivity contribution < 1.29 is 4.79 Å². The molecule has 1 aliphatic carbocycles. The number of benzene rings is 2. The van der Waals surface area contributed by atoms with Gasteiger partial charge < -0.3 is 5.32 Å². The summed E-state index contributed by atoms with van der Waals surface area (Å²) in [7, 11) is 0. The van der Waals surface area contributed by atoms with Gasteiger partial charge in [-0.3, -0.25) is 4.79 Å². The molecule has 1 atom stereocenters. The molecule has 1 N–H and O–H groups in total. The molecule has 0 bridgehead atoms. The van der Waals surface area contributed by atoms with Gasteiger partial charge in [-0.05, 0) is 41.5 Å². The lowest BCUT2D eigenvalue weighted by Gasteiger charge is -2.38. The van der Waals surface area contributed by atoms with Crippen molar-refractivity contribution in [3.05, 3.63) is 70.8 Å². The zero-order chi connectivity index (χ0) is 14.3. The minimum Gasteiger partial charge on any atom is -0.355 e. The van der Waals surface area contributed by atoms with Gasteiger partial charge >= 0.3 is 0 Å². The van der Waals surface area contributed by atoms with Crippen molar-refractivity contribution in [1.29, 1.82) is 0 Å². The summed E-state index contributed by atoms with van der Waals surface area (Å²) >= 11 is 0. The van der Waals surface area contributed by atoms with Crippen LogP contribution in [0.5, 0.6) is 0 Å². The number of hydrogen-bond acceptors (Lipinski definition) is 1. The second-order valence-electron chi connectivity index (χ2n) is 6.34. The molecule has 1 unspecified atom stereocenters. The van der Waals surface area contributed by atoms with Crippen molar-refractivity contribution in [2.45, 2.75) is 31.1 Å². The standard InChI is InChI=1S/C19H19NO/c21-18-9-10-19(13-20-18)12-16-7-2-1-5-14(16)11-15-6-3-4-8-17(15)19/h1-8H,9-13H2,(H,20,21). The minimum absolute atomic E-state index is 0.0666. The maximum Gasteiger partial charge on any atom is 0.220 e. The molecule has 1 heterocycles. The molecule has 2 aromatic carbocycles. The average molecular weight is 277 g/mol. The first kappa shape index (κ1) is 12.6. The fraction of sp³-hybridized carbons (Fsp3) is 0.316. The Morgan fingerprint density at radius 3 is 2.38 bits per heavy atom. The number of rotatable bonds is 0. The number of piperidine rings is 1. The fourth-order valence-electron chi connectivity index (χ4n) is 3.94. The van der Waals surface area contributed by atoms with Crippen LogP contribution in [-0.2, 0) is 23.1 Å². The predicted octanol–water partition coefficient (Wildman–Crippen LogP) is 2.98. The molecule has 2 aromatic rings. The van der Waals surface area contributed by atoms with Crippen LogP contribution in [0.2, 0.25) is 0 Å². The fourth-order valence-corrected chi connectivity index (χ4v) is 3.94. The molecule has 2 aliphatic rings. The molecule has 106 valence electrons. The van der Waals surface area contributed by atoms with Crippen LogP contribution in [0.15, 0.2) is 48.5 Å². The third-order valence-electron chi connectivity index (χ3n) is 5.07. The van der Waals surface area contributed by atoms with E-state index in [1.807, 2.05) is 0 Å². The van der Waals surface area contributed by atoms with E-state index in [-0.39, 0.29) is 11.3 Å². The van der Waals surface area contributed by atoms with E-state index in [0.29, 0.717) is 6.42 Å². The number of nitrogens with one attached hydrogen (secondary N) is 1. The molecule has 1 fully saturated rings. The lowest BCUT2D eigenvalue weighted by molar-refractivity contribution is -0.123. The van der Waals surface area contributed by atoms with Gasteiger partial charge in [-0.1, -0.05) is 48.5 Å². The van der Waals surface area contributed by atoms with Crippen molar-refractivity contribution in [3.8, 4) is 0 Å². The largest absolute Gasteiger partial charge is 0.355 e. The molecule has 0 aromatic heterocycles. The van der Waals surface area contributed by atoms with E-state index in [1.54, 1.807) is 0 Å². The van der Waals surface area contributed by atoms with E-state index in [2.05, 4.69) is 53.8 Å². The van der Waals surface area contributed by atoms with Crippen molar-refractivity contribution in [2.75, 3.05) is 6.54 Å². The molecule has 2 heteroatoms. The highest BCUT2D eigenvalue weighted by Gasteiger charge is 2.39. The quantitative estimate of drug-likeness (QED) is 0.788. The second-order valence-corrected chi connectivity index (χ2v) is 6.34. The van der Waals surface area contributed by atoms with E-state index in [9.17, 15) is 4.79 Å². The first-order chi connectivity index (χ1) is 10.3. The molecule has 1 aliphatic heterocycles. The monoisotopic (exact) mass is 277 g/mol. The molecule has 4 rings (SSSR count). The average Bonchev–Trinajstić information content (AvgIpc) is 2.65. The summed E-state index contributed by atoms with van der Waals surface area (Å²) in [6.07, 6.45) is 3.61. The molecule has 21 heavy (non-hydrogen) atoms. The Hall–Kier alpha value is -2.09. The summed E-state index contributed by atoms with van der Waals surface area (Å²) in [5.41, 5.74) is 5.78. The van der Waals surface area contributed by atoms with E-state index in [0.717, 1.165) is 25.8 Å². The van der Waals surface area contributed by atoms with Crippen LogP contribution >= 0.6 is 0 Å². The van der Waals surface area contributed by atoms with Crippen molar-refractivity contribution in [1.82, 2.24) is 5.32 Å². The molecule has 0 saturated carbocycles. The third kappa shape index (κ3) is 2.06. The van der Waals surface area contributed by atoms with Gasteiger partial charge in [0, 0.05) is 18.4 Å². The van der Waals surface area contributed by atoms with Crippen LogP contribution in [0.4, 0.5) is 0 Å². The summed E-state index contributed by atoms with van der Waals surface area (Å²) in [5.74, 6) is 0.190. The lowest BCUT2D eigenvalue weighted by Crippen LogP contribution is -2.47. The molecule has 2 nitrogen and oxygen atoms in total. The molecule has 1 spiro atoms. The third-order valence-corrected chi connectivity index (χ3v) is 5.07. The summed E-state index contributed by atoms with van der Waals surface area (Å²) in [6, 6.07) is 17.5. The Morgan fingerprint density at radius 2 is 1.62 bits per heavy atom. The second kappa shape index (κ2) is 4.73. The Labute approximate surface area is 125 Å². The highest BCUT2D eigenvalue weighted by molar-refractivity contribution is 5.77.